The fourth-order valence-electron chi connectivity index (χ4n) is 1.82. The van der Waals surface area contributed by atoms with Crippen molar-refractivity contribution in [1.29, 1.82) is 0 Å². The summed E-state index contributed by atoms with van der Waals surface area (Å²) in [6.45, 7) is 1.57. The minimum Gasteiger partial charge on any atom is -0.384 e. The van der Waals surface area contributed by atoms with E-state index in [-0.39, 0.29) is 12.1 Å². The molecular formula is C16H15F2NO2S. The van der Waals surface area contributed by atoms with Gasteiger partial charge >= 0.3 is 0 Å². The Kier molecular flexibility index (Phi) is 5.05. The van der Waals surface area contributed by atoms with E-state index >= 15 is 0 Å². The zero-order valence-electron chi connectivity index (χ0n) is 11.8. The van der Waals surface area contributed by atoms with Crippen LogP contribution in [0, 0.1) is 11.6 Å². The average molecular weight is 323 g/mol. The van der Waals surface area contributed by atoms with Gasteiger partial charge in [-0.3, -0.25) is 4.79 Å². The smallest absolute Gasteiger partial charge is 0.244 e. The van der Waals surface area contributed by atoms with E-state index in [0.29, 0.717) is 5.56 Å². The summed E-state index contributed by atoms with van der Waals surface area (Å²) in [5.41, 5.74) is -0.781. The molecule has 0 saturated carbocycles. The molecule has 0 saturated heterocycles. The van der Waals surface area contributed by atoms with Crippen molar-refractivity contribution in [2.24, 2.45) is 0 Å². The second-order valence-electron chi connectivity index (χ2n) is 4.97. The van der Waals surface area contributed by atoms with Crippen LogP contribution in [0.5, 0.6) is 0 Å². The summed E-state index contributed by atoms with van der Waals surface area (Å²) in [6, 6.07) is 5.24. The first kappa shape index (κ1) is 16.3. The van der Waals surface area contributed by atoms with E-state index in [1.807, 2.05) is 5.38 Å². The predicted octanol–water partition coefficient (Wildman–Crippen LogP) is 3.06. The zero-order chi connectivity index (χ0) is 16.2. The lowest BCUT2D eigenvalue weighted by Crippen LogP contribution is -2.37. The summed E-state index contributed by atoms with van der Waals surface area (Å²) in [5, 5.41) is 16.4. The largest absolute Gasteiger partial charge is 0.384 e. The number of halogens is 2. The van der Waals surface area contributed by atoms with Gasteiger partial charge in [0.1, 0.15) is 17.2 Å². The molecule has 0 spiro atoms. The van der Waals surface area contributed by atoms with E-state index in [0.717, 1.165) is 24.3 Å². The molecular weight excluding hydrogens is 308 g/mol. The molecule has 1 amide bonds. The van der Waals surface area contributed by atoms with E-state index in [1.165, 1.54) is 17.4 Å². The highest BCUT2D eigenvalue weighted by Crippen LogP contribution is 2.22. The molecule has 22 heavy (non-hydrogen) atoms. The monoisotopic (exact) mass is 323 g/mol. The van der Waals surface area contributed by atoms with E-state index in [1.54, 1.807) is 18.4 Å². The molecule has 0 aliphatic carbocycles. The molecule has 1 aromatic heterocycles. The third-order valence-corrected chi connectivity index (χ3v) is 3.83. The van der Waals surface area contributed by atoms with Crippen LogP contribution in [0.25, 0.3) is 6.08 Å². The van der Waals surface area contributed by atoms with E-state index in [2.05, 4.69) is 5.32 Å². The minimum absolute atomic E-state index is 0.00728. The standard InChI is InChI=1S/C16H15F2NO2S/c1-16(21,11-7-8-22-9-11)10-19-15(20)6-5-12-13(17)3-2-4-14(12)18/h2-9,21H,10H2,1H3,(H,19,20)/b6-5+. The number of carbonyl (C=O) groups is 1. The van der Waals surface area contributed by atoms with Gasteiger partial charge in [-0.15, -0.1) is 0 Å². The van der Waals surface area contributed by atoms with Crippen LogP contribution in [-0.2, 0) is 10.4 Å². The quantitative estimate of drug-likeness (QED) is 0.831. The van der Waals surface area contributed by atoms with Gasteiger partial charge in [-0.2, -0.15) is 11.3 Å². The number of rotatable bonds is 5. The molecule has 1 atom stereocenters. The molecule has 1 heterocycles. The van der Waals surface area contributed by atoms with Crippen LogP contribution in [-0.4, -0.2) is 17.6 Å². The van der Waals surface area contributed by atoms with Crippen LogP contribution >= 0.6 is 11.3 Å². The Bertz CT molecular complexity index is 661. The van der Waals surface area contributed by atoms with Crippen molar-refractivity contribution in [3.63, 3.8) is 0 Å². The molecule has 116 valence electrons. The van der Waals surface area contributed by atoms with Crippen LogP contribution in [0.1, 0.15) is 18.1 Å². The van der Waals surface area contributed by atoms with Crippen LogP contribution < -0.4 is 5.32 Å². The predicted molar refractivity (Wildman–Crippen MR) is 82.3 cm³/mol. The molecule has 0 aliphatic heterocycles. The third-order valence-electron chi connectivity index (χ3n) is 3.15. The second kappa shape index (κ2) is 6.81. The van der Waals surface area contributed by atoms with Crippen molar-refractivity contribution in [2.45, 2.75) is 12.5 Å². The molecule has 2 rings (SSSR count). The summed E-state index contributed by atoms with van der Waals surface area (Å²) in [5.74, 6) is -2.03. The van der Waals surface area contributed by atoms with Crippen LogP contribution in [0.3, 0.4) is 0 Å². The van der Waals surface area contributed by atoms with Gasteiger partial charge in [0.2, 0.25) is 5.91 Å². The molecule has 3 nitrogen and oxygen atoms in total. The van der Waals surface area contributed by atoms with Crippen molar-refractivity contribution >= 4 is 23.3 Å². The lowest BCUT2D eigenvalue weighted by Gasteiger charge is -2.22. The zero-order valence-corrected chi connectivity index (χ0v) is 12.7. The number of nitrogens with one attached hydrogen (secondary N) is 1. The van der Waals surface area contributed by atoms with Gasteiger partial charge in [-0.05, 0) is 47.5 Å². The molecule has 1 unspecified atom stereocenters. The summed E-state index contributed by atoms with van der Waals surface area (Å²) >= 11 is 1.44. The Morgan fingerprint density at radius 3 is 2.64 bits per heavy atom. The number of hydrogen-bond acceptors (Lipinski definition) is 3. The second-order valence-corrected chi connectivity index (χ2v) is 5.75. The topological polar surface area (TPSA) is 49.3 Å². The molecule has 0 radical (unpaired) electrons. The first-order valence-electron chi connectivity index (χ1n) is 6.55. The van der Waals surface area contributed by atoms with Gasteiger partial charge in [0.05, 0.1) is 6.54 Å². The SMILES string of the molecule is CC(O)(CNC(=O)/C=C/c1c(F)cccc1F)c1ccsc1. The van der Waals surface area contributed by atoms with Crippen molar-refractivity contribution in [2.75, 3.05) is 6.54 Å². The number of amides is 1. The number of thiophene rings is 1. The Hall–Kier alpha value is -2.05. The van der Waals surface area contributed by atoms with Crippen molar-refractivity contribution in [3.05, 3.63) is 63.9 Å². The average Bonchev–Trinajstić information content (AvgIpc) is 3.00. The summed E-state index contributed by atoms with van der Waals surface area (Å²) < 4.78 is 26.8. The molecule has 6 heteroatoms. The van der Waals surface area contributed by atoms with Crippen molar-refractivity contribution in [1.82, 2.24) is 5.32 Å². The van der Waals surface area contributed by atoms with Gasteiger partial charge in [0, 0.05) is 11.6 Å². The number of hydrogen-bond donors (Lipinski definition) is 2. The van der Waals surface area contributed by atoms with Crippen molar-refractivity contribution < 1.29 is 18.7 Å². The Morgan fingerprint density at radius 1 is 1.36 bits per heavy atom. The normalized spacial score (nSPS) is 14.0. The molecule has 0 bridgehead atoms. The maximum Gasteiger partial charge on any atom is 0.244 e. The molecule has 1 aromatic carbocycles. The highest BCUT2D eigenvalue weighted by Gasteiger charge is 2.23. The highest BCUT2D eigenvalue weighted by molar-refractivity contribution is 7.08. The van der Waals surface area contributed by atoms with Crippen LogP contribution in [0.2, 0.25) is 0 Å². The molecule has 2 aromatic rings. The third kappa shape index (κ3) is 3.99. The van der Waals surface area contributed by atoms with Gasteiger partial charge < -0.3 is 10.4 Å². The minimum atomic E-state index is -1.20. The van der Waals surface area contributed by atoms with Gasteiger partial charge in [0.25, 0.3) is 0 Å². The lowest BCUT2D eigenvalue weighted by molar-refractivity contribution is -0.117. The fourth-order valence-corrected chi connectivity index (χ4v) is 2.60. The maximum atomic E-state index is 13.4. The number of benzene rings is 1. The first-order chi connectivity index (χ1) is 10.4. The first-order valence-corrected chi connectivity index (χ1v) is 7.49. The summed E-state index contributed by atoms with van der Waals surface area (Å²) in [6.07, 6.45) is 2.10. The molecule has 2 N–H and O–H groups in total. The summed E-state index contributed by atoms with van der Waals surface area (Å²) in [7, 11) is 0. The summed E-state index contributed by atoms with van der Waals surface area (Å²) in [4.78, 5) is 11.7. The van der Waals surface area contributed by atoms with E-state index < -0.39 is 23.1 Å². The molecule has 0 fully saturated rings. The maximum absolute atomic E-state index is 13.4. The van der Waals surface area contributed by atoms with Gasteiger partial charge in [-0.25, -0.2) is 8.78 Å². The van der Waals surface area contributed by atoms with Gasteiger partial charge in [-0.1, -0.05) is 6.07 Å². The Balaban J connectivity index is 1.97. The van der Waals surface area contributed by atoms with E-state index in [4.69, 9.17) is 0 Å². The number of carbonyl (C=O) groups excluding carboxylic acids is 1. The number of aliphatic hydroxyl groups is 1. The van der Waals surface area contributed by atoms with Gasteiger partial charge in [0.15, 0.2) is 0 Å². The molecule has 0 aliphatic rings. The lowest BCUT2D eigenvalue weighted by atomic mass is 9.99. The Labute approximate surface area is 130 Å². The van der Waals surface area contributed by atoms with Crippen molar-refractivity contribution in [3.8, 4) is 0 Å². The van der Waals surface area contributed by atoms with E-state index in [9.17, 15) is 18.7 Å². The van der Waals surface area contributed by atoms with Crippen LogP contribution in [0.15, 0.2) is 41.1 Å². The fraction of sp³-hybridized carbons (Fsp3) is 0.188. The van der Waals surface area contributed by atoms with Crippen LogP contribution in [0.4, 0.5) is 8.78 Å². The highest BCUT2D eigenvalue weighted by atomic mass is 32.1. The Morgan fingerprint density at radius 2 is 2.05 bits per heavy atom.